The maximum Gasteiger partial charge on any atom is 0.253 e. The number of β-amino-alcohol motifs (C(OH)–C–C–N with tert-alkyl or cyclic N) is 1. The summed E-state index contributed by atoms with van der Waals surface area (Å²) in [5.74, 6) is 0.991. The molecule has 2 aliphatic heterocycles. The minimum atomic E-state index is -0.279. The fourth-order valence-corrected chi connectivity index (χ4v) is 4.16. The standard InChI is InChI=1S/C20H28N4O2/c1-22-18-8-7-15(19(26)23-10-5-3-2-4-6-11-23)13-17(18)21-20(22)24-12-9-16(25)14-24/h7-8,13,16,25H,2-6,9-12,14H2,1H3/t16-/m0/s1. The number of aryl methyl sites for hydroxylation is 1. The minimum Gasteiger partial charge on any atom is -0.391 e. The monoisotopic (exact) mass is 356 g/mol. The molecule has 1 amide bonds. The third-order valence-electron chi connectivity index (χ3n) is 5.69. The molecule has 4 rings (SSSR count). The molecule has 2 aliphatic rings. The molecule has 26 heavy (non-hydrogen) atoms. The Morgan fingerprint density at radius 2 is 1.85 bits per heavy atom. The van der Waals surface area contributed by atoms with E-state index in [0.29, 0.717) is 6.54 Å². The molecule has 0 unspecified atom stereocenters. The highest BCUT2D eigenvalue weighted by atomic mass is 16.3. The highest BCUT2D eigenvalue weighted by molar-refractivity contribution is 5.97. The summed E-state index contributed by atoms with van der Waals surface area (Å²) in [6.45, 7) is 3.15. The Labute approximate surface area is 154 Å². The number of hydrogen-bond acceptors (Lipinski definition) is 4. The van der Waals surface area contributed by atoms with Crippen LogP contribution < -0.4 is 4.90 Å². The second kappa shape index (κ2) is 7.27. The Morgan fingerprint density at radius 3 is 2.54 bits per heavy atom. The molecule has 1 atom stereocenters. The Hall–Kier alpha value is -2.08. The number of imidazole rings is 1. The van der Waals surface area contributed by atoms with Crippen molar-refractivity contribution in [1.29, 1.82) is 0 Å². The van der Waals surface area contributed by atoms with Gasteiger partial charge >= 0.3 is 0 Å². The molecule has 1 N–H and O–H groups in total. The minimum absolute atomic E-state index is 0.123. The van der Waals surface area contributed by atoms with Crippen LogP contribution in [0.1, 0.15) is 48.9 Å². The summed E-state index contributed by atoms with van der Waals surface area (Å²) in [4.78, 5) is 21.8. The van der Waals surface area contributed by atoms with E-state index in [-0.39, 0.29) is 12.0 Å². The van der Waals surface area contributed by atoms with Crippen LogP contribution in [0.4, 0.5) is 5.95 Å². The third kappa shape index (κ3) is 3.30. The van der Waals surface area contributed by atoms with E-state index in [1.807, 2.05) is 30.1 Å². The lowest BCUT2D eigenvalue weighted by Crippen LogP contribution is -2.33. The summed E-state index contributed by atoms with van der Waals surface area (Å²) in [5.41, 5.74) is 2.59. The maximum atomic E-state index is 12.9. The normalized spacial score (nSPS) is 21.8. The molecule has 1 aromatic heterocycles. The summed E-state index contributed by atoms with van der Waals surface area (Å²) in [7, 11) is 2.00. The zero-order chi connectivity index (χ0) is 18.1. The molecule has 0 radical (unpaired) electrons. The number of nitrogens with zero attached hydrogens (tertiary/aromatic N) is 4. The molecule has 3 heterocycles. The van der Waals surface area contributed by atoms with Gasteiger partial charge in [-0.2, -0.15) is 0 Å². The lowest BCUT2D eigenvalue weighted by atomic mass is 10.1. The predicted octanol–water partition coefficient (Wildman–Crippen LogP) is 2.55. The molecule has 0 bridgehead atoms. The summed E-state index contributed by atoms with van der Waals surface area (Å²) in [5, 5.41) is 9.80. The van der Waals surface area contributed by atoms with Crippen molar-refractivity contribution in [3.63, 3.8) is 0 Å². The molecular weight excluding hydrogens is 328 g/mol. The second-order valence-electron chi connectivity index (χ2n) is 7.62. The Kier molecular flexibility index (Phi) is 4.85. The number of carbonyl (C=O) groups excluding carboxylic acids is 1. The van der Waals surface area contributed by atoms with Crippen LogP contribution >= 0.6 is 0 Å². The van der Waals surface area contributed by atoms with Gasteiger partial charge in [0.05, 0.1) is 17.1 Å². The first-order valence-electron chi connectivity index (χ1n) is 9.82. The molecular formula is C20H28N4O2. The summed E-state index contributed by atoms with van der Waals surface area (Å²) < 4.78 is 2.05. The molecule has 0 aliphatic carbocycles. The number of anilines is 1. The van der Waals surface area contributed by atoms with Gasteiger partial charge in [-0.05, 0) is 37.5 Å². The van der Waals surface area contributed by atoms with Crippen LogP contribution in [0.3, 0.4) is 0 Å². The SMILES string of the molecule is Cn1c(N2CC[C@H](O)C2)nc2cc(C(=O)N3CCCCCCC3)ccc21. The van der Waals surface area contributed by atoms with Crippen LogP contribution in [0, 0.1) is 0 Å². The molecule has 0 spiro atoms. The largest absolute Gasteiger partial charge is 0.391 e. The van der Waals surface area contributed by atoms with E-state index in [9.17, 15) is 9.90 Å². The van der Waals surface area contributed by atoms with E-state index < -0.39 is 0 Å². The van der Waals surface area contributed by atoms with E-state index >= 15 is 0 Å². The van der Waals surface area contributed by atoms with Crippen LogP contribution in [0.15, 0.2) is 18.2 Å². The average Bonchev–Trinajstić information content (AvgIpc) is 3.17. The van der Waals surface area contributed by atoms with Crippen molar-refractivity contribution in [2.75, 3.05) is 31.1 Å². The number of hydrogen-bond donors (Lipinski definition) is 1. The third-order valence-corrected chi connectivity index (χ3v) is 5.69. The van der Waals surface area contributed by atoms with Gasteiger partial charge in [-0.25, -0.2) is 4.98 Å². The predicted molar refractivity (Wildman–Crippen MR) is 103 cm³/mol. The number of rotatable bonds is 2. The maximum absolute atomic E-state index is 12.9. The summed E-state index contributed by atoms with van der Waals surface area (Å²) in [6, 6.07) is 5.84. The molecule has 2 fully saturated rings. The first kappa shape index (κ1) is 17.3. The lowest BCUT2D eigenvalue weighted by Gasteiger charge is -2.24. The second-order valence-corrected chi connectivity index (χ2v) is 7.62. The van der Waals surface area contributed by atoms with Gasteiger partial charge in [-0.1, -0.05) is 19.3 Å². The molecule has 140 valence electrons. The van der Waals surface area contributed by atoms with E-state index in [1.165, 1.54) is 19.3 Å². The topological polar surface area (TPSA) is 61.6 Å². The molecule has 6 nitrogen and oxygen atoms in total. The number of carbonyl (C=O) groups is 1. The smallest absolute Gasteiger partial charge is 0.253 e. The van der Waals surface area contributed by atoms with Crippen molar-refractivity contribution in [3.05, 3.63) is 23.8 Å². The number of aliphatic hydroxyl groups is 1. The first-order valence-corrected chi connectivity index (χ1v) is 9.82. The van der Waals surface area contributed by atoms with Crippen LogP contribution in [-0.4, -0.2) is 57.7 Å². The van der Waals surface area contributed by atoms with E-state index in [0.717, 1.165) is 61.4 Å². The van der Waals surface area contributed by atoms with Gasteiger partial charge in [-0.15, -0.1) is 0 Å². The van der Waals surface area contributed by atoms with Crippen LogP contribution in [-0.2, 0) is 7.05 Å². The highest BCUT2D eigenvalue weighted by Gasteiger charge is 2.25. The Morgan fingerprint density at radius 1 is 1.12 bits per heavy atom. The van der Waals surface area contributed by atoms with Gasteiger partial charge in [0.2, 0.25) is 5.95 Å². The quantitative estimate of drug-likeness (QED) is 0.898. The van der Waals surface area contributed by atoms with Crippen LogP contribution in [0.2, 0.25) is 0 Å². The zero-order valence-corrected chi connectivity index (χ0v) is 15.5. The number of amides is 1. The van der Waals surface area contributed by atoms with Crippen molar-refractivity contribution in [1.82, 2.24) is 14.5 Å². The number of benzene rings is 1. The van der Waals surface area contributed by atoms with Crippen molar-refractivity contribution in [2.45, 2.75) is 44.6 Å². The fourth-order valence-electron chi connectivity index (χ4n) is 4.16. The van der Waals surface area contributed by atoms with Gasteiger partial charge in [0.1, 0.15) is 0 Å². The number of fused-ring (bicyclic) bond motifs is 1. The zero-order valence-electron chi connectivity index (χ0n) is 15.5. The lowest BCUT2D eigenvalue weighted by molar-refractivity contribution is 0.0742. The number of aliphatic hydroxyl groups excluding tert-OH is 1. The average molecular weight is 356 g/mol. The Bertz CT molecular complexity index is 792. The van der Waals surface area contributed by atoms with Gasteiger partial charge in [-0.3, -0.25) is 4.79 Å². The summed E-state index contributed by atoms with van der Waals surface area (Å²) >= 11 is 0. The van der Waals surface area contributed by atoms with Crippen molar-refractivity contribution in [2.24, 2.45) is 7.05 Å². The van der Waals surface area contributed by atoms with Crippen molar-refractivity contribution in [3.8, 4) is 0 Å². The van der Waals surface area contributed by atoms with Crippen molar-refractivity contribution >= 4 is 22.9 Å². The first-order chi connectivity index (χ1) is 12.6. The number of likely N-dealkylation sites (tertiary alicyclic amines) is 1. The summed E-state index contributed by atoms with van der Waals surface area (Å²) in [6.07, 6.45) is 6.41. The van der Waals surface area contributed by atoms with Gasteiger partial charge in [0.25, 0.3) is 5.91 Å². The molecule has 2 saturated heterocycles. The molecule has 6 heteroatoms. The molecule has 1 aromatic carbocycles. The van der Waals surface area contributed by atoms with Gasteiger partial charge in [0, 0.05) is 38.8 Å². The molecule has 2 aromatic rings. The fraction of sp³-hybridized carbons (Fsp3) is 0.600. The van der Waals surface area contributed by atoms with Crippen molar-refractivity contribution < 1.29 is 9.90 Å². The van der Waals surface area contributed by atoms with E-state index in [1.54, 1.807) is 0 Å². The van der Waals surface area contributed by atoms with E-state index in [4.69, 9.17) is 4.98 Å². The highest BCUT2D eigenvalue weighted by Crippen LogP contribution is 2.26. The van der Waals surface area contributed by atoms with Gasteiger partial charge < -0.3 is 19.5 Å². The van der Waals surface area contributed by atoms with Crippen LogP contribution in [0.25, 0.3) is 11.0 Å². The molecule has 0 saturated carbocycles. The number of aromatic nitrogens is 2. The van der Waals surface area contributed by atoms with Crippen LogP contribution in [0.5, 0.6) is 0 Å². The van der Waals surface area contributed by atoms with E-state index in [2.05, 4.69) is 9.47 Å². The Balaban J connectivity index is 1.59. The van der Waals surface area contributed by atoms with Gasteiger partial charge in [0.15, 0.2) is 0 Å².